The highest BCUT2D eigenvalue weighted by Gasteiger charge is 2.16. The van der Waals surface area contributed by atoms with Crippen molar-refractivity contribution < 1.29 is 22.7 Å². The van der Waals surface area contributed by atoms with Crippen LogP contribution in [0.1, 0.15) is 44.0 Å². The van der Waals surface area contributed by atoms with Gasteiger partial charge in [0.2, 0.25) is 10.0 Å². The first kappa shape index (κ1) is 18.3. The molecule has 1 aromatic rings. The summed E-state index contributed by atoms with van der Waals surface area (Å²) < 4.78 is 36.8. The summed E-state index contributed by atoms with van der Waals surface area (Å²) in [7, 11) is -3.43. The number of unbranched alkanes of at least 4 members (excludes halogenated alkanes) is 1. The van der Waals surface area contributed by atoms with Crippen molar-refractivity contribution in [3.05, 3.63) is 23.8 Å². The summed E-state index contributed by atoms with van der Waals surface area (Å²) in [6.45, 7) is 6.06. The molecular weight excluding hydrogens is 306 g/mol. The van der Waals surface area contributed by atoms with Gasteiger partial charge in [-0.05, 0) is 38.5 Å². The predicted octanol–water partition coefficient (Wildman–Crippen LogP) is 2.80. The first-order valence-corrected chi connectivity index (χ1v) is 9.03. The number of hydrogen-bond donors (Lipinski definition) is 1. The first-order valence-electron chi connectivity index (χ1n) is 7.38. The van der Waals surface area contributed by atoms with Gasteiger partial charge in [-0.15, -0.1) is 0 Å². The number of ether oxygens (including phenoxy) is 2. The van der Waals surface area contributed by atoms with E-state index in [0.717, 1.165) is 6.42 Å². The number of nitrogens with one attached hydrogen (secondary N) is 1. The van der Waals surface area contributed by atoms with Gasteiger partial charge in [0.15, 0.2) is 0 Å². The summed E-state index contributed by atoms with van der Waals surface area (Å²) >= 11 is 0. The predicted molar refractivity (Wildman–Crippen MR) is 85.9 cm³/mol. The molecule has 0 atom stereocenters. The van der Waals surface area contributed by atoms with E-state index in [1.54, 1.807) is 13.8 Å². The van der Waals surface area contributed by atoms with Crippen LogP contribution in [0.5, 0.6) is 5.75 Å². The summed E-state index contributed by atoms with van der Waals surface area (Å²) in [5.41, 5.74) is 0.646. The normalized spacial score (nSPS) is 11.0. The zero-order valence-electron chi connectivity index (χ0n) is 13.2. The number of carbonyl (C=O) groups is 1. The van der Waals surface area contributed by atoms with Crippen molar-refractivity contribution in [2.45, 2.75) is 33.6 Å². The zero-order valence-corrected chi connectivity index (χ0v) is 14.0. The maximum Gasteiger partial charge on any atom is 0.338 e. The van der Waals surface area contributed by atoms with E-state index in [9.17, 15) is 13.2 Å². The molecule has 7 heteroatoms. The smallest absolute Gasteiger partial charge is 0.338 e. The van der Waals surface area contributed by atoms with Crippen molar-refractivity contribution in [2.24, 2.45) is 0 Å². The molecule has 0 saturated carbocycles. The highest BCUT2D eigenvalue weighted by atomic mass is 32.2. The number of benzene rings is 1. The number of sulfonamides is 1. The molecule has 0 aliphatic heterocycles. The standard InChI is InChI=1S/C15H23NO5S/c1-4-7-10-22(18,19)16-13-9-8-12(15(17)21-6-3)11-14(13)20-5-2/h8-9,11,16H,4-7,10H2,1-3H3. The van der Waals surface area contributed by atoms with E-state index in [1.807, 2.05) is 6.92 Å². The summed E-state index contributed by atoms with van der Waals surface area (Å²) in [6, 6.07) is 4.51. The Bertz CT molecular complexity index is 598. The molecule has 0 aliphatic rings. The molecule has 0 amide bonds. The molecule has 124 valence electrons. The fraction of sp³-hybridized carbons (Fsp3) is 0.533. The maximum atomic E-state index is 12.0. The van der Waals surface area contributed by atoms with E-state index in [-0.39, 0.29) is 12.4 Å². The minimum Gasteiger partial charge on any atom is -0.492 e. The van der Waals surface area contributed by atoms with Crippen LogP contribution in [0.25, 0.3) is 0 Å². The molecule has 0 aromatic heterocycles. The molecule has 0 bridgehead atoms. The molecule has 1 rings (SSSR count). The molecule has 0 spiro atoms. The lowest BCUT2D eigenvalue weighted by Crippen LogP contribution is -2.17. The highest BCUT2D eigenvalue weighted by Crippen LogP contribution is 2.27. The van der Waals surface area contributed by atoms with E-state index >= 15 is 0 Å². The van der Waals surface area contributed by atoms with E-state index in [0.29, 0.717) is 30.0 Å². The molecule has 0 aliphatic carbocycles. The Hall–Kier alpha value is -1.76. The quantitative estimate of drug-likeness (QED) is 0.705. The van der Waals surface area contributed by atoms with Crippen LogP contribution < -0.4 is 9.46 Å². The fourth-order valence-corrected chi connectivity index (χ4v) is 3.05. The highest BCUT2D eigenvalue weighted by molar-refractivity contribution is 7.92. The number of esters is 1. The molecule has 22 heavy (non-hydrogen) atoms. The molecular formula is C15H23NO5S. The lowest BCUT2D eigenvalue weighted by atomic mass is 10.2. The minimum atomic E-state index is -3.43. The molecule has 1 aromatic carbocycles. The second-order valence-electron chi connectivity index (χ2n) is 4.64. The van der Waals surface area contributed by atoms with E-state index < -0.39 is 16.0 Å². The van der Waals surface area contributed by atoms with Gasteiger partial charge in [0.05, 0.1) is 30.2 Å². The number of hydrogen-bond acceptors (Lipinski definition) is 5. The van der Waals surface area contributed by atoms with Crippen LogP contribution in [-0.2, 0) is 14.8 Å². The Morgan fingerprint density at radius 2 is 1.91 bits per heavy atom. The second kappa shape index (κ2) is 8.63. The van der Waals surface area contributed by atoms with Crippen molar-refractivity contribution in [3.63, 3.8) is 0 Å². The fourth-order valence-electron chi connectivity index (χ4n) is 1.78. The first-order chi connectivity index (χ1) is 10.4. The Balaban J connectivity index is 3.01. The van der Waals surface area contributed by atoms with Crippen molar-refractivity contribution in [2.75, 3.05) is 23.7 Å². The maximum absolute atomic E-state index is 12.0. The summed E-state index contributed by atoms with van der Waals surface area (Å²) in [4.78, 5) is 11.7. The van der Waals surface area contributed by atoms with Gasteiger partial charge in [-0.2, -0.15) is 0 Å². The monoisotopic (exact) mass is 329 g/mol. The average molecular weight is 329 g/mol. The SMILES string of the molecule is CCCCS(=O)(=O)Nc1ccc(C(=O)OCC)cc1OCC. The molecule has 0 fully saturated rings. The van der Waals surface area contributed by atoms with Crippen molar-refractivity contribution in [3.8, 4) is 5.75 Å². The van der Waals surface area contributed by atoms with E-state index in [4.69, 9.17) is 9.47 Å². The average Bonchev–Trinajstić information content (AvgIpc) is 2.47. The zero-order chi connectivity index (χ0) is 16.6. The van der Waals surface area contributed by atoms with Gasteiger partial charge in [0.1, 0.15) is 5.75 Å². The summed E-state index contributed by atoms with van der Waals surface area (Å²) in [6.07, 6.45) is 1.38. The molecule has 0 unspecified atom stereocenters. The molecule has 0 heterocycles. The molecule has 6 nitrogen and oxygen atoms in total. The van der Waals surface area contributed by atoms with Crippen LogP contribution in [-0.4, -0.2) is 33.4 Å². The molecule has 0 saturated heterocycles. The van der Waals surface area contributed by atoms with Crippen LogP contribution in [0.15, 0.2) is 18.2 Å². The third-order valence-electron chi connectivity index (χ3n) is 2.82. The van der Waals surface area contributed by atoms with Crippen LogP contribution in [0.3, 0.4) is 0 Å². The van der Waals surface area contributed by atoms with Crippen molar-refractivity contribution >= 4 is 21.7 Å². The van der Waals surface area contributed by atoms with Gasteiger partial charge in [0, 0.05) is 0 Å². The van der Waals surface area contributed by atoms with Crippen LogP contribution >= 0.6 is 0 Å². The van der Waals surface area contributed by atoms with Crippen LogP contribution in [0, 0.1) is 0 Å². The lowest BCUT2D eigenvalue weighted by Gasteiger charge is -2.14. The number of carbonyl (C=O) groups excluding carboxylic acids is 1. The Kier molecular flexibility index (Phi) is 7.17. The van der Waals surface area contributed by atoms with Gasteiger partial charge in [0.25, 0.3) is 0 Å². The van der Waals surface area contributed by atoms with Gasteiger partial charge < -0.3 is 9.47 Å². The van der Waals surface area contributed by atoms with Crippen LogP contribution in [0.2, 0.25) is 0 Å². The summed E-state index contributed by atoms with van der Waals surface area (Å²) in [5.74, 6) is -0.105. The third kappa shape index (κ3) is 5.55. The molecule has 0 radical (unpaired) electrons. The molecule has 1 N–H and O–H groups in total. The summed E-state index contributed by atoms with van der Waals surface area (Å²) in [5, 5.41) is 0. The largest absolute Gasteiger partial charge is 0.492 e. The number of rotatable bonds is 9. The van der Waals surface area contributed by atoms with Crippen molar-refractivity contribution in [1.29, 1.82) is 0 Å². The third-order valence-corrected chi connectivity index (χ3v) is 4.18. The van der Waals surface area contributed by atoms with Crippen LogP contribution in [0.4, 0.5) is 5.69 Å². The van der Waals surface area contributed by atoms with Gasteiger partial charge >= 0.3 is 5.97 Å². The van der Waals surface area contributed by atoms with E-state index in [1.165, 1.54) is 18.2 Å². The lowest BCUT2D eigenvalue weighted by molar-refractivity contribution is 0.0526. The Morgan fingerprint density at radius 1 is 1.18 bits per heavy atom. The topological polar surface area (TPSA) is 81.7 Å². The Morgan fingerprint density at radius 3 is 2.50 bits per heavy atom. The van der Waals surface area contributed by atoms with E-state index in [2.05, 4.69) is 4.72 Å². The van der Waals surface area contributed by atoms with Gasteiger partial charge in [-0.3, -0.25) is 4.72 Å². The second-order valence-corrected chi connectivity index (χ2v) is 6.48. The van der Waals surface area contributed by atoms with Gasteiger partial charge in [-0.25, -0.2) is 13.2 Å². The number of anilines is 1. The Labute approximate surface area is 131 Å². The minimum absolute atomic E-state index is 0.0503. The van der Waals surface area contributed by atoms with Gasteiger partial charge in [-0.1, -0.05) is 13.3 Å². The van der Waals surface area contributed by atoms with Crippen molar-refractivity contribution in [1.82, 2.24) is 0 Å².